The van der Waals surface area contributed by atoms with Crippen LogP contribution in [0.25, 0.3) is 0 Å². The maximum Gasteiger partial charge on any atom is 0.220 e. The van der Waals surface area contributed by atoms with Crippen LogP contribution in [0.1, 0.15) is 72.6 Å². The van der Waals surface area contributed by atoms with E-state index in [0.717, 1.165) is 25.9 Å². The molecule has 0 aliphatic heterocycles. The predicted octanol–water partition coefficient (Wildman–Crippen LogP) is 3.58. The number of carbonyl (C=O) groups is 2. The molecule has 10 heteroatoms. The topological polar surface area (TPSA) is 111 Å². The highest BCUT2D eigenvalue weighted by Crippen LogP contribution is 2.07. The number of rotatable bonds is 31. The van der Waals surface area contributed by atoms with E-state index >= 15 is 0 Å². The van der Waals surface area contributed by atoms with Crippen molar-refractivity contribution in [1.82, 2.24) is 5.32 Å². The first-order chi connectivity index (χ1) is 18.9. The molecule has 0 saturated carbocycles. The van der Waals surface area contributed by atoms with Gasteiger partial charge >= 0.3 is 0 Å². The summed E-state index contributed by atoms with van der Waals surface area (Å²) in [5.74, 6) is 0.191. The van der Waals surface area contributed by atoms with Crippen LogP contribution in [0.15, 0.2) is 0 Å². The molecule has 0 fully saturated rings. The largest absolute Gasteiger partial charge is 0.379 e. The second-order valence-corrected chi connectivity index (χ2v) is 9.88. The lowest BCUT2D eigenvalue weighted by Crippen LogP contribution is -2.27. The fraction of sp³-hybridized carbons (Fsp3) is 0.931. The Morgan fingerprint density at radius 1 is 0.538 bits per heavy atom. The number of hydrogen-bond donors (Lipinski definition) is 1. The smallest absolute Gasteiger partial charge is 0.220 e. The minimum Gasteiger partial charge on any atom is -0.379 e. The number of ether oxygens (including phenoxy) is 7. The minimum absolute atomic E-state index is 0.0000135. The lowest BCUT2D eigenvalue weighted by atomic mass is 10.1. The first-order valence-corrected chi connectivity index (χ1v) is 14.8. The molecule has 39 heavy (non-hydrogen) atoms. The van der Waals surface area contributed by atoms with Crippen LogP contribution in [-0.2, 0) is 42.7 Å². The quantitative estimate of drug-likeness (QED) is 0.127. The number of hydrogen-bond acceptors (Lipinski definition) is 9. The Labute approximate surface area is 237 Å². The number of amides is 1. The van der Waals surface area contributed by atoms with Crippen LogP contribution in [0.3, 0.4) is 0 Å². The van der Waals surface area contributed by atoms with Gasteiger partial charge in [-0.1, -0.05) is 39.5 Å². The van der Waals surface area contributed by atoms with E-state index in [1.165, 1.54) is 19.3 Å². The molecular formula is C29H57NO9. The molecule has 0 aliphatic rings. The van der Waals surface area contributed by atoms with Crippen LogP contribution < -0.4 is 5.32 Å². The molecule has 1 amide bonds. The third-order valence-electron chi connectivity index (χ3n) is 5.57. The molecule has 1 N–H and O–H groups in total. The maximum absolute atomic E-state index is 11.8. The summed E-state index contributed by atoms with van der Waals surface area (Å²) in [5, 5.41) is 2.90. The van der Waals surface area contributed by atoms with Crippen molar-refractivity contribution in [2.45, 2.75) is 78.7 Å². The van der Waals surface area contributed by atoms with Crippen LogP contribution in [0, 0.1) is 5.92 Å². The summed E-state index contributed by atoms with van der Waals surface area (Å²) in [4.78, 5) is 23.2. The maximum atomic E-state index is 11.8. The highest BCUT2D eigenvalue weighted by molar-refractivity contribution is 5.81. The zero-order valence-electron chi connectivity index (χ0n) is 25.2. The van der Waals surface area contributed by atoms with Gasteiger partial charge in [-0.25, -0.2) is 0 Å². The summed E-state index contributed by atoms with van der Waals surface area (Å²) < 4.78 is 38.0. The Balaban J connectivity index is 3.17. The summed E-state index contributed by atoms with van der Waals surface area (Å²) >= 11 is 0. The van der Waals surface area contributed by atoms with E-state index in [1.54, 1.807) is 0 Å². The van der Waals surface area contributed by atoms with Crippen molar-refractivity contribution in [3.05, 3.63) is 0 Å². The Morgan fingerprint density at radius 3 is 1.46 bits per heavy atom. The van der Waals surface area contributed by atoms with E-state index in [4.69, 9.17) is 33.2 Å². The zero-order chi connectivity index (χ0) is 28.8. The monoisotopic (exact) mass is 563 g/mol. The first-order valence-electron chi connectivity index (χ1n) is 14.8. The summed E-state index contributed by atoms with van der Waals surface area (Å²) in [6.45, 7) is 14.6. The predicted molar refractivity (Wildman–Crippen MR) is 151 cm³/mol. The molecule has 232 valence electrons. The molecule has 0 aliphatic carbocycles. The molecule has 0 radical (unpaired) electrons. The zero-order valence-corrected chi connectivity index (χ0v) is 25.2. The van der Waals surface area contributed by atoms with Crippen molar-refractivity contribution in [2.75, 3.05) is 92.4 Å². The molecule has 0 aromatic heterocycles. The van der Waals surface area contributed by atoms with Crippen molar-refractivity contribution < 1.29 is 42.7 Å². The van der Waals surface area contributed by atoms with Gasteiger partial charge in [-0.15, -0.1) is 0 Å². The van der Waals surface area contributed by atoms with Crippen molar-refractivity contribution in [3.63, 3.8) is 0 Å². The number of nitrogens with one attached hydrogen (secondary N) is 1. The number of ketones is 1. The molecule has 0 aromatic carbocycles. The number of unbranched alkanes of at least 4 members (excludes halogenated alkanes) is 5. The molecule has 0 aromatic rings. The van der Waals surface area contributed by atoms with Crippen LogP contribution in [0.5, 0.6) is 0 Å². The Bertz CT molecular complexity index is 547. The number of Topliss-reactive ketones (excluding diaryl/α,β-unsaturated/α-hetero) is 1. The summed E-state index contributed by atoms with van der Waals surface area (Å²) in [6, 6.07) is 0. The van der Waals surface area contributed by atoms with E-state index in [-0.39, 0.29) is 24.2 Å². The summed E-state index contributed by atoms with van der Waals surface area (Å²) in [7, 11) is 0. The fourth-order valence-electron chi connectivity index (χ4n) is 3.20. The highest BCUT2D eigenvalue weighted by atomic mass is 16.6. The summed E-state index contributed by atoms with van der Waals surface area (Å²) in [6.07, 6.45) is 7.62. The van der Waals surface area contributed by atoms with Gasteiger partial charge < -0.3 is 38.5 Å². The van der Waals surface area contributed by atoms with E-state index in [1.807, 2.05) is 13.8 Å². The fourth-order valence-corrected chi connectivity index (χ4v) is 3.20. The van der Waals surface area contributed by atoms with Crippen LogP contribution >= 0.6 is 0 Å². The first kappa shape index (κ1) is 37.9. The lowest BCUT2D eigenvalue weighted by Gasteiger charge is -2.09. The van der Waals surface area contributed by atoms with Crippen LogP contribution in [0.4, 0.5) is 0 Å². The van der Waals surface area contributed by atoms with Gasteiger partial charge in [-0.05, 0) is 26.7 Å². The van der Waals surface area contributed by atoms with Crippen LogP contribution in [-0.4, -0.2) is 110 Å². The molecule has 0 saturated heterocycles. The lowest BCUT2D eigenvalue weighted by molar-refractivity contribution is -0.127. The van der Waals surface area contributed by atoms with Crippen molar-refractivity contribution >= 4 is 11.7 Å². The van der Waals surface area contributed by atoms with Gasteiger partial charge in [-0.3, -0.25) is 9.59 Å². The van der Waals surface area contributed by atoms with Gasteiger partial charge in [0.25, 0.3) is 0 Å². The van der Waals surface area contributed by atoms with Gasteiger partial charge in [0.05, 0.1) is 78.8 Å². The van der Waals surface area contributed by atoms with E-state index in [2.05, 4.69) is 19.2 Å². The minimum atomic E-state index is 0.0000135. The molecule has 10 nitrogen and oxygen atoms in total. The molecule has 0 rings (SSSR count). The van der Waals surface area contributed by atoms with Gasteiger partial charge in [0.15, 0.2) is 5.78 Å². The normalized spacial score (nSPS) is 11.5. The van der Waals surface area contributed by atoms with E-state index in [9.17, 15) is 9.59 Å². The van der Waals surface area contributed by atoms with Gasteiger partial charge in [0, 0.05) is 25.5 Å². The Morgan fingerprint density at radius 2 is 0.974 bits per heavy atom. The molecular weight excluding hydrogens is 506 g/mol. The van der Waals surface area contributed by atoms with E-state index < -0.39 is 0 Å². The molecule has 0 spiro atoms. The SMILES string of the molecule is CC(C)OCCCCCCCCC(=O)NCCOCCOCCOCCOCCOCCOCC(=O)C(C)C. The Hall–Kier alpha value is -1.14. The average molecular weight is 564 g/mol. The van der Waals surface area contributed by atoms with Gasteiger partial charge in [-0.2, -0.15) is 0 Å². The second-order valence-electron chi connectivity index (χ2n) is 9.88. The van der Waals surface area contributed by atoms with Gasteiger partial charge in [0.2, 0.25) is 5.91 Å². The second kappa shape index (κ2) is 29.8. The Kier molecular flexibility index (Phi) is 29.0. The summed E-state index contributed by atoms with van der Waals surface area (Å²) in [5.41, 5.74) is 0. The third-order valence-corrected chi connectivity index (χ3v) is 5.57. The van der Waals surface area contributed by atoms with Crippen molar-refractivity contribution in [1.29, 1.82) is 0 Å². The molecule has 0 bridgehead atoms. The van der Waals surface area contributed by atoms with Crippen molar-refractivity contribution in [2.24, 2.45) is 5.92 Å². The third kappa shape index (κ3) is 31.2. The molecule has 0 unspecified atom stereocenters. The molecule has 0 atom stereocenters. The van der Waals surface area contributed by atoms with E-state index in [0.29, 0.717) is 91.7 Å². The standard InChI is InChI=1S/C29H57NO9/c1-26(2)28(31)25-38-24-23-37-22-21-36-20-19-35-18-17-34-16-15-33-14-12-30-29(32)11-9-7-5-6-8-10-13-39-27(3)4/h26-27H,5-25H2,1-4H3,(H,30,32). The average Bonchev–Trinajstić information content (AvgIpc) is 2.90. The number of carbonyl (C=O) groups excluding carboxylic acids is 2. The van der Waals surface area contributed by atoms with Crippen LogP contribution in [0.2, 0.25) is 0 Å². The molecule has 0 heterocycles. The van der Waals surface area contributed by atoms with Crippen molar-refractivity contribution in [3.8, 4) is 0 Å². The highest BCUT2D eigenvalue weighted by Gasteiger charge is 2.06. The van der Waals surface area contributed by atoms with Gasteiger partial charge in [0.1, 0.15) is 6.61 Å².